The number of hydrogen-bond donors (Lipinski definition) is 0. The minimum Gasteiger partial charge on any atom is -0.289 e. The molecule has 0 radical (unpaired) electrons. The van der Waals surface area contributed by atoms with Gasteiger partial charge >= 0.3 is 0 Å². The maximum Gasteiger partial charge on any atom is 0.270 e. The van der Waals surface area contributed by atoms with Crippen molar-refractivity contribution in [2.45, 2.75) is 0 Å². The second kappa shape index (κ2) is 8.52. The Morgan fingerprint density at radius 3 is 1.50 bits per heavy atom. The first kappa shape index (κ1) is 20.5. The summed E-state index contributed by atoms with van der Waals surface area (Å²) in [5.41, 5.74) is 2.42. The van der Waals surface area contributed by atoms with Crippen LogP contribution in [0.2, 0.25) is 0 Å². The maximum atomic E-state index is 13.1. The van der Waals surface area contributed by atoms with Crippen LogP contribution in [0.5, 0.6) is 0 Å². The Bertz CT molecular complexity index is 1270. The van der Waals surface area contributed by atoms with Gasteiger partial charge in [-0.2, -0.15) is 0 Å². The van der Waals surface area contributed by atoms with Gasteiger partial charge in [-0.05, 0) is 24.3 Å². The third-order valence-corrected chi connectivity index (χ3v) is 4.75. The Balaban J connectivity index is 1.67. The van der Waals surface area contributed by atoms with E-state index < -0.39 is 9.85 Å². The lowest BCUT2D eigenvalue weighted by Crippen LogP contribution is -2.03. The normalized spacial score (nSPS) is 10.5. The molecule has 0 N–H and O–H groups in total. The van der Waals surface area contributed by atoms with Crippen LogP contribution < -0.4 is 0 Å². The number of nitro groups is 2. The molecule has 4 aromatic rings. The molecule has 0 bridgehead atoms. The summed E-state index contributed by atoms with van der Waals surface area (Å²) >= 11 is 0. The smallest absolute Gasteiger partial charge is 0.270 e. The van der Waals surface area contributed by atoms with Crippen LogP contribution in [-0.4, -0.2) is 25.6 Å². The average Bonchev–Trinajstić information content (AvgIpc) is 2.84. The summed E-state index contributed by atoms with van der Waals surface area (Å²) in [7, 11) is 0. The molecule has 0 spiro atoms. The lowest BCUT2D eigenvalue weighted by atomic mass is 10.0. The molecule has 0 aliphatic carbocycles. The summed E-state index contributed by atoms with van der Waals surface area (Å²) < 4.78 is 0. The predicted molar refractivity (Wildman–Crippen MR) is 116 cm³/mol. The van der Waals surface area contributed by atoms with Gasteiger partial charge in [0.05, 0.1) is 21.2 Å². The quantitative estimate of drug-likeness (QED) is 0.244. The second-order valence-electron chi connectivity index (χ2n) is 6.80. The molecule has 0 aliphatic rings. The van der Waals surface area contributed by atoms with Crippen LogP contribution >= 0.6 is 0 Å². The third-order valence-electron chi connectivity index (χ3n) is 4.75. The standard InChI is InChI=1S/C23H14N4O5/c28-23(17-7-9-24-21(13-17)15-3-1-5-19(11-15)26(29)30)18-8-10-25-22(14-18)16-4-2-6-20(12-16)27(31)32/h1-14H. The lowest BCUT2D eigenvalue weighted by Gasteiger charge is -2.07. The summed E-state index contributed by atoms with van der Waals surface area (Å²) in [6.45, 7) is 0. The van der Waals surface area contributed by atoms with Crippen LogP contribution in [-0.2, 0) is 0 Å². The topological polar surface area (TPSA) is 129 Å². The van der Waals surface area contributed by atoms with E-state index in [1.807, 2.05) is 0 Å². The number of benzene rings is 2. The molecule has 156 valence electrons. The van der Waals surface area contributed by atoms with Crippen LogP contribution in [0.1, 0.15) is 15.9 Å². The number of non-ortho nitro benzene ring substituents is 2. The van der Waals surface area contributed by atoms with Gasteiger partial charge in [-0.3, -0.25) is 35.0 Å². The zero-order chi connectivity index (χ0) is 22.7. The van der Waals surface area contributed by atoms with Crippen molar-refractivity contribution < 1.29 is 14.6 Å². The SMILES string of the molecule is O=C(c1ccnc(-c2cccc([N+](=O)[O-])c2)c1)c1ccnc(-c2cccc([N+](=O)[O-])c2)c1. The van der Waals surface area contributed by atoms with Gasteiger partial charge in [0.25, 0.3) is 11.4 Å². The van der Waals surface area contributed by atoms with Gasteiger partial charge in [0.2, 0.25) is 0 Å². The number of carbonyl (C=O) groups excluding carboxylic acids is 1. The zero-order valence-electron chi connectivity index (χ0n) is 16.4. The van der Waals surface area contributed by atoms with Crippen LogP contribution in [0.3, 0.4) is 0 Å². The van der Waals surface area contributed by atoms with E-state index in [-0.39, 0.29) is 17.2 Å². The van der Waals surface area contributed by atoms with Gasteiger partial charge in [-0.1, -0.05) is 24.3 Å². The summed E-state index contributed by atoms with van der Waals surface area (Å²) in [5.74, 6) is -0.298. The van der Waals surface area contributed by atoms with Crippen molar-refractivity contribution in [3.63, 3.8) is 0 Å². The lowest BCUT2D eigenvalue weighted by molar-refractivity contribution is -0.385. The van der Waals surface area contributed by atoms with Crippen LogP contribution in [0, 0.1) is 20.2 Å². The Labute approximate surface area is 181 Å². The molecule has 9 nitrogen and oxygen atoms in total. The van der Waals surface area contributed by atoms with E-state index in [9.17, 15) is 25.0 Å². The number of nitrogens with zero attached hydrogens (tertiary/aromatic N) is 4. The molecule has 2 aromatic heterocycles. The zero-order valence-corrected chi connectivity index (χ0v) is 16.4. The molecule has 2 heterocycles. The van der Waals surface area contributed by atoms with Gasteiger partial charge < -0.3 is 0 Å². The molecule has 0 saturated heterocycles. The van der Waals surface area contributed by atoms with Crippen LogP contribution in [0.25, 0.3) is 22.5 Å². The minimum atomic E-state index is -0.495. The van der Waals surface area contributed by atoms with Crippen molar-refractivity contribution in [2.24, 2.45) is 0 Å². The number of aromatic nitrogens is 2. The summed E-state index contributed by atoms with van der Waals surface area (Å²) in [6.07, 6.45) is 2.92. The van der Waals surface area contributed by atoms with Crippen molar-refractivity contribution in [1.29, 1.82) is 0 Å². The Hall–Kier alpha value is -4.79. The number of pyridine rings is 2. The van der Waals surface area contributed by atoms with Crippen LogP contribution in [0.15, 0.2) is 85.2 Å². The van der Waals surface area contributed by atoms with Crippen molar-refractivity contribution in [3.8, 4) is 22.5 Å². The second-order valence-corrected chi connectivity index (χ2v) is 6.80. The Morgan fingerprint density at radius 1 is 0.656 bits per heavy atom. The van der Waals surface area contributed by atoms with Gasteiger partial charge in [0.15, 0.2) is 5.78 Å². The fraction of sp³-hybridized carbons (Fsp3) is 0. The Morgan fingerprint density at radius 2 is 1.09 bits per heavy atom. The minimum absolute atomic E-state index is 0.0724. The van der Waals surface area contributed by atoms with E-state index in [0.29, 0.717) is 33.6 Å². The number of hydrogen-bond acceptors (Lipinski definition) is 7. The molecule has 0 atom stereocenters. The van der Waals surface area contributed by atoms with E-state index in [0.717, 1.165) is 0 Å². The van der Waals surface area contributed by atoms with Crippen molar-refractivity contribution in [2.75, 3.05) is 0 Å². The first-order chi connectivity index (χ1) is 15.4. The molecule has 0 aliphatic heterocycles. The van der Waals surface area contributed by atoms with Gasteiger partial charge in [-0.25, -0.2) is 0 Å². The van der Waals surface area contributed by atoms with E-state index in [1.54, 1.807) is 48.5 Å². The molecule has 2 aromatic carbocycles. The maximum absolute atomic E-state index is 13.1. The van der Waals surface area contributed by atoms with Crippen molar-refractivity contribution in [3.05, 3.63) is 117 Å². The molecule has 9 heteroatoms. The highest BCUT2D eigenvalue weighted by Gasteiger charge is 2.15. The number of carbonyl (C=O) groups is 1. The fourth-order valence-corrected chi connectivity index (χ4v) is 3.18. The molecular formula is C23H14N4O5. The summed E-state index contributed by atoms with van der Waals surface area (Å²) in [6, 6.07) is 18.2. The summed E-state index contributed by atoms with van der Waals surface area (Å²) in [5, 5.41) is 22.1. The monoisotopic (exact) mass is 426 g/mol. The van der Waals surface area contributed by atoms with Gasteiger partial charge in [-0.15, -0.1) is 0 Å². The highest BCUT2D eigenvalue weighted by atomic mass is 16.6. The fourth-order valence-electron chi connectivity index (χ4n) is 3.18. The summed E-state index contributed by atoms with van der Waals surface area (Å²) in [4.78, 5) is 42.6. The number of nitro benzene ring substituents is 2. The first-order valence-electron chi connectivity index (χ1n) is 9.39. The highest BCUT2D eigenvalue weighted by molar-refractivity contribution is 6.09. The van der Waals surface area contributed by atoms with Crippen molar-refractivity contribution in [1.82, 2.24) is 9.97 Å². The first-order valence-corrected chi connectivity index (χ1v) is 9.39. The van der Waals surface area contributed by atoms with Crippen LogP contribution in [0.4, 0.5) is 11.4 Å². The molecular weight excluding hydrogens is 412 g/mol. The molecule has 0 amide bonds. The van der Waals surface area contributed by atoms with E-state index in [2.05, 4.69) is 9.97 Å². The molecule has 0 fully saturated rings. The Kier molecular flexibility index (Phi) is 5.45. The average molecular weight is 426 g/mol. The predicted octanol–water partition coefficient (Wildman–Crippen LogP) is 4.86. The van der Waals surface area contributed by atoms with Gasteiger partial charge in [0, 0.05) is 58.9 Å². The largest absolute Gasteiger partial charge is 0.289 e. The highest BCUT2D eigenvalue weighted by Crippen LogP contribution is 2.26. The van der Waals surface area contributed by atoms with E-state index in [4.69, 9.17) is 0 Å². The van der Waals surface area contributed by atoms with E-state index >= 15 is 0 Å². The molecule has 0 saturated carbocycles. The molecule has 0 unspecified atom stereocenters. The number of rotatable bonds is 6. The van der Waals surface area contributed by atoms with Gasteiger partial charge in [0.1, 0.15) is 0 Å². The molecule has 4 rings (SSSR count). The van der Waals surface area contributed by atoms with Crippen molar-refractivity contribution >= 4 is 17.2 Å². The third kappa shape index (κ3) is 4.21. The van der Waals surface area contributed by atoms with E-state index in [1.165, 1.54) is 36.7 Å². The number of ketones is 1. The molecule has 32 heavy (non-hydrogen) atoms.